The number of alkyl halides is 3. The molecule has 0 bridgehead atoms. The van der Waals surface area contributed by atoms with E-state index in [-0.39, 0.29) is 11.1 Å². The molecule has 3 nitrogen and oxygen atoms in total. The fourth-order valence-electron chi connectivity index (χ4n) is 7.60. The molecule has 0 N–H and O–H groups in total. The number of fused-ring (bicyclic) bond motifs is 6. The Bertz CT molecular complexity index is 2780. The van der Waals surface area contributed by atoms with E-state index >= 15 is 13.2 Å². The lowest BCUT2D eigenvalue weighted by Crippen LogP contribution is -2.09. The van der Waals surface area contributed by atoms with Crippen molar-refractivity contribution in [1.82, 2.24) is 9.13 Å². The largest absolute Gasteiger partial charge is 0.417 e. The summed E-state index contributed by atoms with van der Waals surface area (Å²) in [5.41, 5.74) is 6.37. The van der Waals surface area contributed by atoms with Crippen LogP contribution in [0.15, 0.2) is 158 Å². The van der Waals surface area contributed by atoms with Gasteiger partial charge in [0.05, 0.1) is 39.3 Å². The van der Waals surface area contributed by atoms with Crippen molar-refractivity contribution in [2.45, 2.75) is 6.18 Å². The Morgan fingerprint density at radius 2 is 0.960 bits per heavy atom. The van der Waals surface area contributed by atoms with Crippen molar-refractivity contribution in [1.29, 1.82) is 5.26 Å². The van der Waals surface area contributed by atoms with E-state index in [2.05, 4.69) is 27.3 Å². The van der Waals surface area contributed by atoms with E-state index in [1.54, 1.807) is 0 Å². The molecule has 7 aromatic carbocycles. The van der Waals surface area contributed by atoms with Crippen molar-refractivity contribution in [2.24, 2.45) is 0 Å². The van der Waals surface area contributed by atoms with Gasteiger partial charge in [-0.05, 0) is 59.7 Å². The first kappa shape index (κ1) is 29.6. The molecule has 0 aliphatic heterocycles. The Morgan fingerprint density at radius 1 is 0.500 bits per heavy atom. The predicted octanol–water partition coefficient (Wildman–Crippen LogP) is 12.1. The molecule has 6 heteroatoms. The average molecular weight is 654 g/mol. The Kier molecular flexibility index (Phi) is 6.65. The molecule has 0 saturated carbocycles. The van der Waals surface area contributed by atoms with E-state index in [1.165, 1.54) is 12.1 Å². The van der Waals surface area contributed by atoms with E-state index in [4.69, 9.17) is 0 Å². The van der Waals surface area contributed by atoms with Gasteiger partial charge < -0.3 is 9.13 Å². The van der Waals surface area contributed by atoms with Gasteiger partial charge in [-0.3, -0.25) is 0 Å². The highest BCUT2D eigenvalue weighted by Gasteiger charge is 2.37. The third kappa shape index (κ3) is 4.37. The maximum absolute atomic E-state index is 15.3. The Hall–Kier alpha value is -6.58. The number of nitrogens with zero attached hydrogens (tertiary/aromatic N) is 3. The van der Waals surface area contributed by atoms with Crippen LogP contribution in [0.1, 0.15) is 11.1 Å². The molecule has 0 aliphatic rings. The van der Waals surface area contributed by atoms with Crippen LogP contribution in [0.4, 0.5) is 13.2 Å². The van der Waals surface area contributed by atoms with Crippen molar-refractivity contribution in [3.05, 3.63) is 169 Å². The summed E-state index contributed by atoms with van der Waals surface area (Å²) in [7, 11) is 0. The Morgan fingerprint density at radius 3 is 1.48 bits per heavy atom. The van der Waals surface area contributed by atoms with Crippen molar-refractivity contribution < 1.29 is 13.2 Å². The lowest BCUT2D eigenvalue weighted by atomic mass is 9.87. The van der Waals surface area contributed by atoms with E-state index in [1.807, 2.05) is 127 Å². The maximum atomic E-state index is 15.3. The number of benzene rings is 7. The SMILES string of the molecule is N#Cc1ccc(-c2c3c4ccccc4n(-c4ccccc4)c3c(-c3ccccc3)c3c4ccccc4n(-c4ccccc4)c23)c(C(F)(F)F)c1. The number of halogens is 3. The minimum atomic E-state index is -4.74. The lowest BCUT2D eigenvalue weighted by molar-refractivity contribution is -0.137. The number of hydrogen-bond acceptors (Lipinski definition) is 1. The molecule has 0 spiro atoms. The van der Waals surface area contributed by atoms with Gasteiger partial charge in [0.2, 0.25) is 0 Å². The summed E-state index contributed by atoms with van der Waals surface area (Å²) in [5.74, 6) is 0. The van der Waals surface area contributed by atoms with Gasteiger partial charge in [0, 0.05) is 44.0 Å². The van der Waals surface area contributed by atoms with Gasteiger partial charge in [-0.15, -0.1) is 0 Å². The highest BCUT2D eigenvalue weighted by Crippen LogP contribution is 2.53. The minimum absolute atomic E-state index is 0.0158. The minimum Gasteiger partial charge on any atom is -0.309 e. The first-order chi connectivity index (χ1) is 24.5. The summed E-state index contributed by atoms with van der Waals surface area (Å²) in [6, 6.07) is 51.6. The van der Waals surface area contributed by atoms with Crippen LogP contribution in [0.2, 0.25) is 0 Å². The summed E-state index contributed by atoms with van der Waals surface area (Å²) in [6.45, 7) is 0. The molecule has 0 unspecified atom stereocenters. The molecule has 2 heterocycles. The van der Waals surface area contributed by atoms with Crippen LogP contribution in [0.3, 0.4) is 0 Å². The zero-order valence-corrected chi connectivity index (χ0v) is 26.5. The smallest absolute Gasteiger partial charge is 0.309 e. The fourth-order valence-corrected chi connectivity index (χ4v) is 7.60. The summed E-state index contributed by atoms with van der Waals surface area (Å²) in [4.78, 5) is 0. The Balaban J connectivity index is 1.68. The monoisotopic (exact) mass is 653 g/mol. The second-order valence-corrected chi connectivity index (χ2v) is 12.3. The van der Waals surface area contributed by atoms with Crippen molar-refractivity contribution in [3.8, 4) is 39.7 Å². The summed E-state index contributed by atoms with van der Waals surface area (Å²) in [6.07, 6.45) is -4.74. The fraction of sp³-hybridized carbons (Fsp3) is 0.0227. The van der Waals surface area contributed by atoms with Gasteiger partial charge in [-0.2, -0.15) is 18.4 Å². The third-order valence-corrected chi connectivity index (χ3v) is 9.54. The highest BCUT2D eigenvalue weighted by atomic mass is 19.4. The normalized spacial score (nSPS) is 11.9. The molecule has 0 radical (unpaired) electrons. The van der Waals surface area contributed by atoms with Crippen LogP contribution in [-0.2, 0) is 6.18 Å². The van der Waals surface area contributed by atoms with Crippen LogP contribution in [0.5, 0.6) is 0 Å². The standard InChI is InChI=1S/C44H26F3N3/c45-44(46,47)35-26-28(27-48)24-25-32(35)39-41-34-21-11-13-23-37(34)49(30-16-6-2-7-17-30)42(41)38(29-14-4-1-5-15-29)40-33-20-10-12-22-36(33)50(43(39)40)31-18-8-3-9-19-31/h1-26H. The summed E-state index contributed by atoms with van der Waals surface area (Å²) < 4.78 is 50.1. The zero-order chi connectivity index (χ0) is 34.0. The van der Waals surface area contributed by atoms with E-state index < -0.39 is 11.7 Å². The van der Waals surface area contributed by atoms with Crippen LogP contribution in [0, 0.1) is 11.3 Å². The Labute approximate surface area is 285 Å². The van der Waals surface area contributed by atoms with Crippen LogP contribution in [-0.4, -0.2) is 9.13 Å². The number of rotatable bonds is 4. The van der Waals surface area contributed by atoms with Gasteiger partial charge in [0.1, 0.15) is 0 Å². The van der Waals surface area contributed by atoms with Gasteiger partial charge in [0.25, 0.3) is 0 Å². The van der Waals surface area contributed by atoms with Crippen LogP contribution >= 0.6 is 0 Å². The summed E-state index contributed by atoms with van der Waals surface area (Å²) in [5, 5.41) is 13.0. The number of hydrogen-bond donors (Lipinski definition) is 0. The first-order valence-electron chi connectivity index (χ1n) is 16.3. The van der Waals surface area contributed by atoms with Crippen molar-refractivity contribution in [2.75, 3.05) is 0 Å². The second-order valence-electron chi connectivity index (χ2n) is 12.3. The molecule has 238 valence electrons. The highest BCUT2D eigenvalue weighted by molar-refractivity contribution is 6.33. The predicted molar refractivity (Wildman–Crippen MR) is 196 cm³/mol. The molecule has 0 saturated heterocycles. The van der Waals surface area contributed by atoms with E-state index in [0.717, 1.165) is 61.3 Å². The van der Waals surface area contributed by atoms with Gasteiger partial charge >= 0.3 is 6.18 Å². The average Bonchev–Trinajstić information content (AvgIpc) is 3.68. The number of aromatic nitrogens is 2. The maximum Gasteiger partial charge on any atom is 0.417 e. The number of nitriles is 1. The van der Waals surface area contributed by atoms with Crippen LogP contribution < -0.4 is 0 Å². The molecule has 9 rings (SSSR count). The zero-order valence-electron chi connectivity index (χ0n) is 26.5. The van der Waals surface area contributed by atoms with Gasteiger partial charge in [-0.25, -0.2) is 0 Å². The molecule has 50 heavy (non-hydrogen) atoms. The molecule has 0 atom stereocenters. The lowest BCUT2D eigenvalue weighted by Gasteiger charge is -2.20. The van der Waals surface area contributed by atoms with E-state index in [9.17, 15) is 5.26 Å². The summed E-state index contributed by atoms with van der Waals surface area (Å²) >= 11 is 0. The molecule has 0 aliphatic carbocycles. The molecule has 0 amide bonds. The number of para-hydroxylation sites is 4. The first-order valence-corrected chi connectivity index (χ1v) is 16.3. The van der Waals surface area contributed by atoms with Crippen molar-refractivity contribution >= 4 is 43.6 Å². The van der Waals surface area contributed by atoms with E-state index in [0.29, 0.717) is 16.5 Å². The second kappa shape index (κ2) is 11.3. The molecule has 0 fully saturated rings. The molecular weight excluding hydrogens is 627 g/mol. The van der Waals surface area contributed by atoms with Crippen molar-refractivity contribution in [3.63, 3.8) is 0 Å². The molecule has 2 aromatic heterocycles. The van der Waals surface area contributed by atoms with Gasteiger partial charge in [0.15, 0.2) is 0 Å². The quantitative estimate of drug-likeness (QED) is 0.186. The third-order valence-electron chi connectivity index (χ3n) is 9.54. The molecule has 9 aromatic rings. The van der Waals surface area contributed by atoms with Gasteiger partial charge in [-0.1, -0.05) is 109 Å². The topological polar surface area (TPSA) is 33.6 Å². The van der Waals surface area contributed by atoms with Crippen LogP contribution in [0.25, 0.3) is 77.2 Å². The molecular formula is C44H26F3N3.